The molecule has 2 heterocycles. The van der Waals surface area contributed by atoms with Crippen LogP contribution in [0.5, 0.6) is 0 Å². The molecule has 198 valence electrons. The van der Waals surface area contributed by atoms with Crippen molar-refractivity contribution >= 4 is 28.9 Å². The smallest absolute Gasteiger partial charge is 0.258 e. The van der Waals surface area contributed by atoms with E-state index in [0.29, 0.717) is 42.7 Å². The second-order valence-corrected chi connectivity index (χ2v) is 10.4. The third-order valence-corrected chi connectivity index (χ3v) is 7.98. The lowest BCUT2D eigenvalue weighted by Gasteiger charge is -2.22. The Morgan fingerprint density at radius 2 is 1.87 bits per heavy atom. The van der Waals surface area contributed by atoms with Crippen molar-refractivity contribution in [2.75, 3.05) is 25.0 Å². The van der Waals surface area contributed by atoms with Crippen LogP contribution < -0.4 is 10.2 Å². The van der Waals surface area contributed by atoms with Crippen molar-refractivity contribution < 1.29 is 9.32 Å². The molecule has 1 amide bonds. The highest BCUT2D eigenvalue weighted by Crippen LogP contribution is 2.36. The Hall–Kier alpha value is -3.29. The number of carbonyl (C=O) groups is 1. The molecule has 0 saturated carbocycles. The Bertz CT molecular complexity index is 1350. The van der Waals surface area contributed by atoms with Crippen molar-refractivity contribution in [3.63, 3.8) is 0 Å². The van der Waals surface area contributed by atoms with E-state index in [0.717, 1.165) is 35.4 Å². The number of nitrogens with zero attached hydrogens (tertiary/aromatic N) is 4. The molecule has 7 nitrogen and oxygen atoms in total. The number of halogens is 1. The maximum Gasteiger partial charge on any atom is 0.258 e. The van der Waals surface area contributed by atoms with E-state index in [4.69, 9.17) is 21.1 Å². The minimum atomic E-state index is -0.217. The molecule has 38 heavy (non-hydrogen) atoms. The number of fused-ring (bicyclic) bond motifs is 2. The molecule has 5 rings (SSSR count). The molecule has 1 aliphatic heterocycles. The number of hydrogen-bond donors (Lipinski definition) is 1. The predicted octanol–water partition coefficient (Wildman–Crippen LogP) is 6.03. The average Bonchev–Trinajstić information content (AvgIpc) is 3.41. The fourth-order valence-corrected chi connectivity index (χ4v) is 5.67. The lowest BCUT2D eigenvalue weighted by Crippen LogP contribution is -2.27. The van der Waals surface area contributed by atoms with Crippen molar-refractivity contribution in [2.45, 2.75) is 56.4 Å². The third kappa shape index (κ3) is 5.18. The lowest BCUT2D eigenvalue weighted by molar-refractivity contribution is 0.0993. The second-order valence-electron chi connectivity index (χ2n) is 9.88. The molecule has 0 bridgehead atoms. The molecule has 0 saturated heterocycles. The van der Waals surface area contributed by atoms with Crippen molar-refractivity contribution in [3.05, 3.63) is 89.1 Å². The van der Waals surface area contributed by atoms with Gasteiger partial charge in [-0.05, 0) is 48.6 Å². The summed E-state index contributed by atoms with van der Waals surface area (Å²) in [6.07, 6.45) is 6.71. The fraction of sp³-hybridized carbons (Fsp3) is 0.400. The summed E-state index contributed by atoms with van der Waals surface area (Å²) in [6.45, 7) is 5.48. The first-order valence-electron chi connectivity index (χ1n) is 13.4. The maximum atomic E-state index is 13.2. The number of amides is 1. The van der Waals surface area contributed by atoms with Gasteiger partial charge in [0.1, 0.15) is 0 Å². The van der Waals surface area contributed by atoms with Crippen molar-refractivity contribution in [1.82, 2.24) is 15.5 Å². The van der Waals surface area contributed by atoms with Gasteiger partial charge in [0.25, 0.3) is 5.91 Å². The average molecular weight is 532 g/mol. The minimum absolute atomic E-state index is 0.00176. The number of anilines is 1. The van der Waals surface area contributed by atoms with Crippen LogP contribution >= 0.6 is 11.6 Å². The summed E-state index contributed by atoms with van der Waals surface area (Å²) in [5.41, 5.74) is 4.54. The zero-order valence-electron chi connectivity index (χ0n) is 22.1. The van der Waals surface area contributed by atoms with Gasteiger partial charge >= 0.3 is 0 Å². The fourth-order valence-electron chi connectivity index (χ4n) is 5.34. The highest BCUT2D eigenvalue weighted by molar-refractivity contribution is 6.34. The molecular formula is C30H34ClN5O2. The number of aliphatic imine (C=N–C) groups is 1. The van der Waals surface area contributed by atoms with E-state index in [1.807, 2.05) is 55.6 Å². The van der Waals surface area contributed by atoms with Crippen molar-refractivity contribution in [1.29, 1.82) is 0 Å². The molecule has 0 radical (unpaired) electrons. The van der Waals surface area contributed by atoms with Crippen LogP contribution in [-0.2, 0) is 0 Å². The summed E-state index contributed by atoms with van der Waals surface area (Å²) >= 11 is 6.73. The Balaban J connectivity index is 1.28. The Morgan fingerprint density at radius 1 is 1.13 bits per heavy atom. The number of para-hydroxylation sites is 1. The molecule has 1 aliphatic carbocycles. The topological polar surface area (TPSA) is 83.6 Å². The number of hydrogen-bond acceptors (Lipinski definition) is 6. The molecule has 1 aromatic heterocycles. The van der Waals surface area contributed by atoms with Gasteiger partial charge in [0.2, 0.25) is 5.89 Å². The molecular weight excluding hydrogens is 498 g/mol. The van der Waals surface area contributed by atoms with Gasteiger partial charge in [0.15, 0.2) is 5.82 Å². The van der Waals surface area contributed by atoms with E-state index in [-0.39, 0.29) is 23.2 Å². The van der Waals surface area contributed by atoms with Gasteiger partial charge in [-0.1, -0.05) is 61.5 Å². The minimum Gasteiger partial charge on any atom is -0.339 e. The molecule has 1 N–H and O–H groups in total. The summed E-state index contributed by atoms with van der Waals surface area (Å²) in [4.78, 5) is 24.3. The second kappa shape index (κ2) is 11.6. The van der Waals surface area contributed by atoms with Crippen LogP contribution in [-0.4, -0.2) is 47.3 Å². The quantitative estimate of drug-likeness (QED) is 0.283. The molecule has 3 unspecified atom stereocenters. The highest BCUT2D eigenvalue weighted by atomic mass is 35.5. The summed E-state index contributed by atoms with van der Waals surface area (Å²) in [7, 11) is 1.83. The highest BCUT2D eigenvalue weighted by Gasteiger charge is 2.30. The third-order valence-electron chi connectivity index (χ3n) is 7.58. The molecule has 3 atom stereocenters. The number of benzene rings is 2. The monoisotopic (exact) mass is 531 g/mol. The van der Waals surface area contributed by atoms with E-state index >= 15 is 0 Å². The molecule has 3 aromatic rings. The summed E-state index contributed by atoms with van der Waals surface area (Å²) in [5.74, 6) is 1.73. The summed E-state index contributed by atoms with van der Waals surface area (Å²) in [5, 5.41) is 7.65. The number of aromatic nitrogens is 2. The first-order valence-corrected chi connectivity index (χ1v) is 13.8. The van der Waals surface area contributed by atoms with Gasteiger partial charge in [0, 0.05) is 36.7 Å². The van der Waals surface area contributed by atoms with Gasteiger partial charge in [-0.2, -0.15) is 4.98 Å². The number of allylic oxidation sites excluding steroid dienone is 2. The Labute approximate surface area is 229 Å². The Morgan fingerprint density at radius 3 is 2.63 bits per heavy atom. The SMILES string of the molecule is CCC(CC)c1nc(C2C=CC(=NCCNC3c4ccccc4C(=O)N(C)c4ccccc43)C(Cl)C2)no1. The zero-order valence-corrected chi connectivity index (χ0v) is 22.9. The number of alkyl halides is 1. The van der Waals surface area contributed by atoms with Crippen molar-refractivity contribution in [2.24, 2.45) is 4.99 Å². The molecule has 2 aromatic carbocycles. The van der Waals surface area contributed by atoms with Gasteiger partial charge in [-0.3, -0.25) is 9.79 Å². The van der Waals surface area contributed by atoms with Crippen LogP contribution in [0.3, 0.4) is 0 Å². The summed E-state index contributed by atoms with van der Waals surface area (Å²) in [6, 6.07) is 15.7. The zero-order chi connectivity index (χ0) is 26.6. The lowest BCUT2D eigenvalue weighted by atomic mass is 9.93. The first-order chi connectivity index (χ1) is 18.5. The van der Waals surface area contributed by atoms with E-state index < -0.39 is 0 Å². The molecule has 0 fully saturated rings. The number of carbonyl (C=O) groups excluding carboxylic acids is 1. The van der Waals surface area contributed by atoms with E-state index in [1.165, 1.54) is 0 Å². The van der Waals surface area contributed by atoms with Crippen LogP contribution in [0, 0.1) is 0 Å². The number of rotatable bonds is 8. The Kier molecular flexibility index (Phi) is 8.05. The van der Waals surface area contributed by atoms with Crippen LogP contribution in [0.4, 0.5) is 5.69 Å². The van der Waals surface area contributed by atoms with Crippen LogP contribution in [0.15, 0.2) is 70.2 Å². The maximum absolute atomic E-state index is 13.2. The van der Waals surface area contributed by atoms with Gasteiger partial charge in [-0.25, -0.2) is 0 Å². The van der Waals surface area contributed by atoms with Crippen LogP contribution in [0.25, 0.3) is 0 Å². The van der Waals surface area contributed by atoms with E-state index in [9.17, 15) is 4.79 Å². The van der Waals surface area contributed by atoms with E-state index in [1.54, 1.807) is 4.90 Å². The number of nitrogens with one attached hydrogen (secondary N) is 1. The molecule has 8 heteroatoms. The largest absolute Gasteiger partial charge is 0.339 e. The standard InChI is InChI=1S/C30H34ClN5O2/c1-4-19(5-2)29-34-28(35-38-29)20-14-15-25(24(31)18-20)32-16-17-33-27-21-10-6-7-11-22(21)30(37)36(3)26-13-9-8-12-23(26)27/h6-15,19-20,24,27,33H,4-5,16-18H2,1-3H3. The van der Waals surface area contributed by atoms with Crippen LogP contribution in [0.1, 0.15) is 84.2 Å². The van der Waals surface area contributed by atoms with Gasteiger partial charge < -0.3 is 14.7 Å². The summed E-state index contributed by atoms with van der Waals surface area (Å²) < 4.78 is 5.53. The molecule has 2 aliphatic rings. The molecule has 0 spiro atoms. The van der Waals surface area contributed by atoms with Crippen molar-refractivity contribution in [3.8, 4) is 0 Å². The van der Waals surface area contributed by atoms with E-state index in [2.05, 4.69) is 41.4 Å². The predicted molar refractivity (Wildman–Crippen MR) is 152 cm³/mol. The van der Waals surface area contributed by atoms with Gasteiger partial charge in [-0.15, -0.1) is 11.6 Å². The van der Waals surface area contributed by atoms with Crippen LogP contribution in [0.2, 0.25) is 0 Å². The normalized spacial score (nSPS) is 22.0. The first kappa shape index (κ1) is 26.3. The van der Waals surface area contributed by atoms with Gasteiger partial charge in [0.05, 0.1) is 23.7 Å².